The van der Waals surface area contributed by atoms with Crippen LogP contribution >= 0.6 is 15.6 Å². The maximum Gasteiger partial charge on any atom is 0.472 e. The molecular formula is C79H154O17P2. The monoisotopic (exact) mass is 1440 g/mol. The number of hydrogen-bond donors (Lipinski definition) is 3. The second-order valence-corrected chi connectivity index (χ2v) is 32.8. The Morgan fingerprint density at radius 2 is 0.469 bits per heavy atom. The van der Waals surface area contributed by atoms with E-state index in [1.54, 1.807) is 0 Å². The van der Waals surface area contributed by atoms with Crippen molar-refractivity contribution in [1.29, 1.82) is 0 Å². The van der Waals surface area contributed by atoms with Gasteiger partial charge in [0.2, 0.25) is 0 Å². The average molecular weight is 1440 g/mol. The number of esters is 4. The molecule has 17 nitrogen and oxygen atoms in total. The van der Waals surface area contributed by atoms with E-state index in [-0.39, 0.29) is 25.7 Å². The minimum absolute atomic E-state index is 0.105. The first-order chi connectivity index (χ1) is 47.2. The Hall–Kier alpha value is -1.94. The van der Waals surface area contributed by atoms with E-state index >= 15 is 0 Å². The Kier molecular flexibility index (Phi) is 68.1. The summed E-state index contributed by atoms with van der Waals surface area (Å²) in [7, 11) is -9.92. The fourth-order valence-electron chi connectivity index (χ4n) is 12.1. The highest BCUT2D eigenvalue weighted by molar-refractivity contribution is 7.47. The smallest absolute Gasteiger partial charge is 0.462 e. The highest BCUT2D eigenvalue weighted by Crippen LogP contribution is 2.45. The van der Waals surface area contributed by atoms with Gasteiger partial charge >= 0.3 is 39.5 Å². The van der Waals surface area contributed by atoms with E-state index in [0.717, 1.165) is 108 Å². The number of phosphoric acid groups is 2. The summed E-state index contributed by atoms with van der Waals surface area (Å²) in [6, 6.07) is 0. The molecule has 3 N–H and O–H groups in total. The van der Waals surface area contributed by atoms with Crippen LogP contribution in [0.2, 0.25) is 0 Å². The molecule has 0 saturated heterocycles. The number of phosphoric ester groups is 2. The van der Waals surface area contributed by atoms with Gasteiger partial charge in [-0.3, -0.25) is 37.3 Å². The van der Waals surface area contributed by atoms with E-state index < -0.39 is 97.5 Å². The van der Waals surface area contributed by atoms with Crippen molar-refractivity contribution in [3.63, 3.8) is 0 Å². The minimum atomic E-state index is -4.96. The molecule has 0 fully saturated rings. The van der Waals surface area contributed by atoms with Crippen molar-refractivity contribution in [3.05, 3.63) is 0 Å². The number of aliphatic hydroxyl groups excluding tert-OH is 1. The van der Waals surface area contributed by atoms with Gasteiger partial charge in [-0.15, -0.1) is 0 Å². The quantitative estimate of drug-likeness (QED) is 0.0222. The summed E-state index contributed by atoms with van der Waals surface area (Å²) in [5.41, 5.74) is 0. The number of rotatable bonds is 77. The zero-order valence-corrected chi connectivity index (χ0v) is 66.0. The lowest BCUT2D eigenvalue weighted by atomic mass is 10.0. The lowest BCUT2D eigenvalue weighted by molar-refractivity contribution is -0.161. The molecular weight excluding hydrogens is 1280 g/mol. The zero-order valence-electron chi connectivity index (χ0n) is 64.3. The summed E-state index contributed by atoms with van der Waals surface area (Å²) in [5.74, 6) is 0.163. The van der Waals surface area contributed by atoms with Crippen molar-refractivity contribution in [2.24, 2.45) is 17.8 Å². The van der Waals surface area contributed by atoms with Crippen LogP contribution in [0, 0.1) is 17.8 Å². The van der Waals surface area contributed by atoms with Gasteiger partial charge in [0.15, 0.2) is 12.2 Å². The Balaban J connectivity index is 5.21. The molecule has 0 aromatic heterocycles. The van der Waals surface area contributed by atoms with Crippen molar-refractivity contribution in [1.82, 2.24) is 0 Å². The van der Waals surface area contributed by atoms with Gasteiger partial charge in [0.05, 0.1) is 26.4 Å². The predicted molar refractivity (Wildman–Crippen MR) is 400 cm³/mol. The first kappa shape index (κ1) is 96.1. The fourth-order valence-corrected chi connectivity index (χ4v) is 13.7. The molecule has 0 radical (unpaired) electrons. The van der Waals surface area contributed by atoms with Crippen molar-refractivity contribution in [2.45, 2.75) is 426 Å². The molecule has 2 unspecified atom stereocenters. The Labute approximate surface area is 600 Å². The second kappa shape index (κ2) is 69.4. The number of aliphatic hydroxyl groups is 1. The largest absolute Gasteiger partial charge is 0.472 e. The Morgan fingerprint density at radius 1 is 0.276 bits per heavy atom. The molecule has 0 aliphatic heterocycles. The summed E-state index contributed by atoms with van der Waals surface area (Å²) in [4.78, 5) is 72.9. The van der Waals surface area contributed by atoms with E-state index in [4.69, 9.17) is 37.0 Å². The third-order valence-corrected chi connectivity index (χ3v) is 20.3. The van der Waals surface area contributed by atoms with Crippen LogP contribution in [0.5, 0.6) is 0 Å². The molecule has 5 atom stereocenters. The van der Waals surface area contributed by atoms with Crippen LogP contribution in [0.1, 0.15) is 408 Å². The number of unbranched alkanes of at least 4 members (excludes halogenated alkanes) is 45. The molecule has 0 aliphatic carbocycles. The Morgan fingerprint density at radius 3 is 0.694 bits per heavy atom. The average Bonchev–Trinajstić information content (AvgIpc) is 0.984. The predicted octanol–water partition coefficient (Wildman–Crippen LogP) is 23.4. The topological polar surface area (TPSA) is 237 Å². The SMILES string of the molecule is CCCCCCCCCCCCCCCCC(=O)OC[C@H](COP(=O)(O)OC[C@@H](O)COP(=O)(O)OC[C@@H](COC(=O)CCCCCCCCCC(C)C)OC(=O)CCCCCCCCCCCCC(C)C)OC(=O)CCCCCCCCCCCCCCCCCCCCC(C)C. The molecule has 0 spiro atoms. The summed E-state index contributed by atoms with van der Waals surface area (Å²) < 4.78 is 68.6. The first-order valence-electron chi connectivity index (χ1n) is 40.8. The summed E-state index contributed by atoms with van der Waals surface area (Å²) in [5, 5.41) is 10.6. The third kappa shape index (κ3) is 72.4. The highest BCUT2D eigenvalue weighted by Gasteiger charge is 2.30. The molecule has 98 heavy (non-hydrogen) atoms. The summed E-state index contributed by atoms with van der Waals surface area (Å²) >= 11 is 0. The zero-order chi connectivity index (χ0) is 72.3. The van der Waals surface area contributed by atoms with Crippen LogP contribution in [-0.4, -0.2) is 96.7 Å². The maximum absolute atomic E-state index is 13.1. The van der Waals surface area contributed by atoms with Crippen molar-refractivity contribution < 1.29 is 80.2 Å². The van der Waals surface area contributed by atoms with Crippen molar-refractivity contribution in [3.8, 4) is 0 Å². The van der Waals surface area contributed by atoms with E-state index in [9.17, 15) is 43.2 Å². The van der Waals surface area contributed by atoms with Gasteiger partial charge in [-0.2, -0.15) is 0 Å². The van der Waals surface area contributed by atoms with Crippen LogP contribution in [-0.2, 0) is 65.4 Å². The molecule has 0 amide bonds. The van der Waals surface area contributed by atoms with Crippen molar-refractivity contribution >= 4 is 39.5 Å². The molecule has 19 heteroatoms. The van der Waals surface area contributed by atoms with Crippen LogP contribution in [0.4, 0.5) is 0 Å². The maximum atomic E-state index is 13.1. The second-order valence-electron chi connectivity index (χ2n) is 29.9. The number of carbonyl (C=O) groups is 4. The van der Waals surface area contributed by atoms with E-state index in [0.29, 0.717) is 31.6 Å². The van der Waals surface area contributed by atoms with Gasteiger partial charge in [-0.05, 0) is 43.4 Å². The molecule has 0 heterocycles. The van der Waals surface area contributed by atoms with Crippen LogP contribution in [0.3, 0.4) is 0 Å². The third-order valence-electron chi connectivity index (χ3n) is 18.4. The Bertz CT molecular complexity index is 1900. The highest BCUT2D eigenvalue weighted by atomic mass is 31.2. The van der Waals surface area contributed by atoms with Gasteiger partial charge in [0, 0.05) is 25.7 Å². The number of carbonyl (C=O) groups excluding carboxylic acids is 4. The number of hydrogen-bond acceptors (Lipinski definition) is 15. The molecule has 0 aromatic rings. The van der Waals surface area contributed by atoms with Gasteiger partial charge in [0.25, 0.3) is 0 Å². The fraction of sp³-hybridized carbons (Fsp3) is 0.949. The van der Waals surface area contributed by atoms with Gasteiger partial charge < -0.3 is 33.8 Å². The van der Waals surface area contributed by atoms with Crippen LogP contribution in [0.15, 0.2) is 0 Å². The summed E-state index contributed by atoms with van der Waals surface area (Å²) in [6.45, 7) is 11.9. The lowest BCUT2D eigenvalue weighted by Gasteiger charge is -2.21. The van der Waals surface area contributed by atoms with E-state index in [2.05, 4.69) is 48.5 Å². The molecule has 0 aromatic carbocycles. The minimum Gasteiger partial charge on any atom is -0.462 e. The molecule has 0 bridgehead atoms. The van der Waals surface area contributed by atoms with Gasteiger partial charge in [-0.25, -0.2) is 9.13 Å². The van der Waals surface area contributed by atoms with E-state index in [1.165, 1.54) is 212 Å². The van der Waals surface area contributed by atoms with Gasteiger partial charge in [-0.1, -0.05) is 357 Å². The summed E-state index contributed by atoms with van der Waals surface area (Å²) in [6.07, 6.45) is 57.0. The van der Waals surface area contributed by atoms with Crippen molar-refractivity contribution in [2.75, 3.05) is 39.6 Å². The van der Waals surface area contributed by atoms with Gasteiger partial charge in [0.1, 0.15) is 19.3 Å². The lowest BCUT2D eigenvalue weighted by Crippen LogP contribution is -2.30. The molecule has 0 rings (SSSR count). The normalized spacial score (nSPS) is 14.0. The number of ether oxygens (including phenoxy) is 4. The van der Waals surface area contributed by atoms with Crippen LogP contribution in [0.25, 0.3) is 0 Å². The standard InChI is InChI=1S/C79H154O17P2/c1-8-9-10-11-12-13-14-15-23-26-32-39-46-53-60-76(81)89-66-74(95-78(83)62-55-48-40-33-27-24-21-19-17-16-18-20-22-25-30-36-43-50-57-70(2)3)68-93-97(85,86)91-64-73(80)65-92-98(87,88)94-69-75(67-90-77(82)61-54-47-42-35-38-45-52-59-72(6)7)96-79(84)63-56-49-41-34-29-28-31-37-44-51-58-71(4)5/h70-75,80H,8-69H2,1-7H3,(H,85,86)(H,87,88)/t73-,74-,75-/m1/s1. The first-order valence-corrected chi connectivity index (χ1v) is 43.8. The van der Waals surface area contributed by atoms with Crippen LogP contribution < -0.4 is 0 Å². The molecule has 0 saturated carbocycles. The van der Waals surface area contributed by atoms with E-state index in [1.807, 2.05) is 0 Å². The molecule has 582 valence electrons. The molecule has 0 aliphatic rings.